The molecule has 1 rings (SSSR count). The second-order valence-corrected chi connectivity index (χ2v) is 4.10. The van der Waals surface area contributed by atoms with Crippen LogP contribution in [0.15, 0.2) is 30.4 Å². The van der Waals surface area contributed by atoms with Gasteiger partial charge in [0.2, 0.25) is 0 Å². The van der Waals surface area contributed by atoms with E-state index in [0.717, 1.165) is 6.54 Å². The minimum absolute atomic E-state index is 0.584. The van der Waals surface area contributed by atoms with E-state index < -0.39 is 0 Å². The molecule has 0 amide bonds. The van der Waals surface area contributed by atoms with E-state index in [4.69, 9.17) is 11.6 Å². The summed E-state index contributed by atoms with van der Waals surface area (Å²) in [5.74, 6) is 0.584. The van der Waals surface area contributed by atoms with E-state index in [1.54, 1.807) is 0 Å². The lowest BCUT2D eigenvalue weighted by atomic mass is 10.1. The molecule has 1 aromatic rings. The SMILES string of the molecule is Cc1ccc(N(C)CC=CCCl)c(C)c1. The molecular formula is C13H18ClN. The molecule has 0 bridgehead atoms. The Morgan fingerprint density at radius 2 is 2.00 bits per heavy atom. The van der Waals surface area contributed by atoms with Crippen molar-refractivity contribution in [3.63, 3.8) is 0 Å². The fourth-order valence-electron chi connectivity index (χ4n) is 1.63. The summed E-state index contributed by atoms with van der Waals surface area (Å²) < 4.78 is 0. The number of aryl methyl sites for hydroxylation is 2. The van der Waals surface area contributed by atoms with E-state index >= 15 is 0 Å². The molecule has 15 heavy (non-hydrogen) atoms. The summed E-state index contributed by atoms with van der Waals surface area (Å²) in [5.41, 5.74) is 3.90. The summed E-state index contributed by atoms with van der Waals surface area (Å²) in [6.07, 6.45) is 4.06. The topological polar surface area (TPSA) is 3.24 Å². The molecule has 0 aliphatic heterocycles. The van der Waals surface area contributed by atoms with E-state index in [0.29, 0.717) is 5.88 Å². The molecule has 0 spiro atoms. The molecule has 82 valence electrons. The van der Waals surface area contributed by atoms with Gasteiger partial charge in [-0.3, -0.25) is 0 Å². The van der Waals surface area contributed by atoms with Gasteiger partial charge in [0.15, 0.2) is 0 Å². The highest BCUT2D eigenvalue weighted by atomic mass is 35.5. The maximum absolute atomic E-state index is 5.58. The fraction of sp³-hybridized carbons (Fsp3) is 0.385. The average molecular weight is 224 g/mol. The number of halogens is 1. The molecule has 0 aliphatic carbocycles. The summed E-state index contributed by atoms with van der Waals surface area (Å²) in [7, 11) is 2.09. The second kappa shape index (κ2) is 5.82. The first kappa shape index (κ1) is 12.1. The second-order valence-electron chi connectivity index (χ2n) is 3.80. The van der Waals surface area contributed by atoms with Gasteiger partial charge < -0.3 is 4.90 Å². The number of hydrogen-bond acceptors (Lipinski definition) is 1. The van der Waals surface area contributed by atoms with Gasteiger partial charge in [-0.25, -0.2) is 0 Å². The molecule has 0 N–H and O–H groups in total. The summed E-state index contributed by atoms with van der Waals surface area (Å²) in [6, 6.07) is 6.51. The summed E-state index contributed by atoms with van der Waals surface area (Å²) >= 11 is 5.58. The van der Waals surface area contributed by atoms with Crippen LogP contribution in [0.2, 0.25) is 0 Å². The van der Waals surface area contributed by atoms with Crippen molar-refractivity contribution in [1.82, 2.24) is 0 Å². The van der Waals surface area contributed by atoms with Crippen molar-refractivity contribution in [2.24, 2.45) is 0 Å². The number of anilines is 1. The van der Waals surface area contributed by atoms with Crippen LogP contribution in [0.3, 0.4) is 0 Å². The predicted octanol–water partition coefficient (Wildman–Crippen LogP) is 3.53. The molecule has 0 saturated carbocycles. The Bertz CT molecular complexity index is 344. The zero-order valence-electron chi connectivity index (χ0n) is 9.63. The first-order valence-electron chi connectivity index (χ1n) is 5.14. The van der Waals surface area contributed by atoms with Gasteiger partial charge >= 0.3 is 0 Å². The molecule has 0 aliphatic rings. The largest absolute Gasteiger partial charge is 0.371 e. The van der Waals surface area contributed by atoms with Crippen LogP contribution in [0, 0.1) is 13.8 Å². The van der Waals surface area contributed by atoms with Crippen molar-refractivity contribution in [3.05, 3.63) is 41.5 Å². The zero-order chi connectivity index (χ0) is 11.3. The van der Waals surface area contributed by atoms with Gasteiger partial charge in [0.1, 0.15) is 0 Å². The van der Waals surface area contributed by atoms with Crippen molar-refractivity contribution in [2.45, 2.75) is 13.8 Å². The highest BCUT2D eigenvalue weighted by molar-refractivity contribution is 6.18. The Morgan fingerprint density at radius 3 is 2.60 bits per heavy atom. The maximum Gasteiger partial charge on any atom is 0.0404 e. The number of alkyl halides is 1. The van der Waals surface area contributed by atoms with Crippen molar-refractivity contribution in [3.8, 4) is 0 Å². The summed E-state index contributed by atoms with van der Waals surface area (Å²) in [4.78, 5) is 2.22. The summed E-state index contributed by atoms with van der Waals surface area (Å²) in [6.45, 7) is 5.16. The van der Waals surface area contributed by atoms with Crippen LogP contribution in [0.1, 0.15) is 11.1 Å². The van der Waals surface area contributed by atoms with Crippen molar-refractivity contribution >= 4 is 17.3 Å². The van der Waals surface area contributed by atoms with Gasteiger partial charge in [0.25, 0.3) is 0 Å². The van der Waals surface area contributed by atoms with Gasteiger partial charge in [0.05, 0.1) is 0 Å². The average Bonchev–Trinajstić information content (AvgIpc) is 2.17. The number of nitrogens with zero attached hydrogens (tertiary/aromatic N) is 1. The van der Waals surface area contributed by atoms with Crippen molar-refractivity contribution < 1.29 is 0 Å². The van der Waals surface area contributed by atoms with E-state index in [2.05, 4.69) is 50.1 Å². The Kier molecular flexibility index (Phi) is 4.70. The maximum atomic E-state index is 5.58. The van der Waals surface area contributed by atoms with Gasteiger partial charge in [-0.1, -0.05) is 29.8 Å². The molecule has 2 heteroatoms. The molecule has 1 aromatic carbocycles. The molecule has 0 aromatic heterocycles. The van der Waals surface area contributed by atoms with E-state index in [-0.39, 0.29) is 0 Å². The van der Waals surface area contributed by atoms with Gasteiger partial charge in [-0.2, -0.15) is 0 Å². The Morgan fingerprint density at radius 1 is 1.27 bits per heavy atom. The molecule has 0 unspecified atom stereocenters. The van der Waals surface area contributed by atoms with E-state index in [9.17, 15) is 0 Å². The van der Waals surface area contributed by atoms with Crippen molar-refractivity contribution in [1.29, 1.82) is 0 Å². The Balaban J connectivity index is 2.73. The number of benzene rings is 1. The standard InChI is InChI=1S/C13H18ClN/c1-11-6-7-13(12(2)10-11)15(3)9-5-4-8-14/h4-7,10H,8-9H2,1-3H3. The number of hydrogen-bond donors (Lipinski definition) is 0. The van der Waals surface area contributed by atoms with Crippen LogP contribution in [0.5, 0.6) is 0 Å². The van der Waals surface area contributed by atoms with Crippen molar-refractivity contribution in [2.75, 3.05) is 24.4 Å². The number of allylic oxidation sites excluding steroid dienone is 1. The molecule has 0 heterocycles. The lowest BCUT2D eigenvalue weighted by Crippen LogP contribution is -2.17. The zero-order valence-corrected chi connectivity index (χ0v) is 10.4. The predicted molar refractivity (Wildman–Crippen MR) is 69.0 cm³/mol. The minimum Gasteiger partial charge on any atom is -0.371 e. The minimum atomic E-state index is 0.584. The Hall–Kier alpha value is -0.950. The first-order chi connectivity index (χ1) is 7.15. The molecule has 0 atom stereocenters. The molecule has 1 nitrogen and oxygen atoms in total. The number of rotatable bonds is 4. The molecule has 0 saturated heterocycles. The molecule has 0 fully saturated rings. The Labute approximate surface area is 97.4 Å². The first-order valence-corrected chi connectivity index (χ1v) is 5.68. The molecule has 0 radical (unpaired) electrons. The quantitative estimate of drug-likeness (QED) is 0.558. The van der Waals surface area contributed by atoms with Crippen LogP contribution >= 0.6 is 11.6 Å². The third-order valence-electron chi connectivity index (χ3n) is 2.40. The lowest BCUT2D eigenvalue weighted by molar-refractivity contribution is 1.02. The molecular weight excluding hydrogens is 206 g/mol. The van der Waals surface area contributed by atoms with Crippen LogP contribution in [0.25, 0.3) is 0 Å². The van der Waals surface area contributed by atoms with Crippen LogP contribution in [-0.4, -0.2) is 19.5 Å². The third-order valence-corrected chi connectivity index (χ3v) is 2.58. The monoisotopic (exact) mass is 223 g/mol. The normalized spacial score (nSPS) is 10.9. The van der Waals surface area contributed by atoms with E-state index in [1.807, 2.05) is 6.08 Å². The van der Waals surface area contributed by atoms with Crippen LogP contribution < -0.4 is 4.90 Å². The smallest absolute Gasteiger partial charge is 0.0404 e. The lowest BCUT2D eigenvalue weighted by Gasteiger charge is -2.20. The number of likely N-dealkylation sites (N-methyl/N-ethyl adjacent to an activating group) is 1. The van der Waals surface area contributed by atoms with Crippen LogP contribution in [-0.2, 0) is 0 Å². The third kappa shape index (κ3) is 3.60. The summed E-state index contributed by atoms with van der Waals surface area (Å²) in [5, 5.41) is 0. The highest BCUT2D eigenvalue weighted by Gasteiger charge is 2.02. The fourth-order valence-corrected chi connectivity index (χ4v) is 1.75. The van der Waals surface area contributed by atoms with Gasteiger partial charge in [0, 0.05) is 25.2 Å². The van der Waals surface area contributed by atoms with Gasteiger partial charge in [-0.15, -0.1) is 11.6 Å². The highest BCUT2D eigenvalue weighted by Crippen LogP contribution is 2.19. The van der Waals surface area contributed by atoms with E-state index in [1.165, 1.54) is 16.8 Å². The van der Waals surface area contributed by atoms with Crippen LogP contribution in [0.4, 0.5) is 5.69 Å². The van der Waals surface area contributed by atoms with Gasteiger partial charge in [-0.05, 0) is 25.5 Å².